The summed E-state index contributed by atoms with van der Waals surface area (Å²) in [6.07, 6.45) is 8.25. The predicted molar refractivity (Wildman–Crippen MR) is 79.5 cm³/mol. The Labute approximate surface area is 125 Å². The molecule has 0 saturated heterocycles. The third-order valence-corrected chi connectivity index (χ3v) is 4.56. The molecule has 0 aromatic heterocycles. The zero-order valence-electron chi connectivity index (χ0n) is 12.4. The van der Waals surface area contributed by atoms with Gasteiger partial charge in [-0.1, -0.05) is 18.9 Å². The molecule has 0 unspecified atom stereocenters. The largest absolute Gasteiger partial charge is 0.493 e. The van der Waals surface area contributed by atoms with Gasteiger partial charge in [-0.3, -0.25) is 0 Å². The summed E-state index contributed by atoms with van der Waals surface area (Å²) in [7, 11) is 1.65. The van der Waals surface area contributed by atoms with Gasteiger partial charge in [0.2, 0.25) is 6.08 Å². The van der Waals surface area contributed by atoms with Crippen molar-refractivity contribution in [3.05, 3.63) is 23.8 Å². The molecule has 1 aromatic rings. The second-order valence-electron chi connectivity index (χ2n) is 6.06. The number of hydrogen-bond donors (Lipinski definition) is 0. The van der Waals surface area contributed by atoms with Crippen molar-refractivity contribution in [2.45, 2.75) is 44.1 Å². The maximum atomic E-state index is 10.8. The first-order chi connectivity index (χ1) is 10.3. The molecule has 4 heteroatoms. The average molecular weight is 287 g/mol. The number of nitrogens with zero attached hydrogens (tertiary/aromatic N) is 1. The van der Waals surface area contributed by atoms with Gasteiger partial charge in [0.05, 0.1) is 19.3 Å². The molecule has 2 saturated carbocycles. The van der Waals surface area contributed by atoms with E-state index in [0.29, 0.717) is 5.92 Å². The highest BCUT2D eigenvalue weighted by molar-refractivity contribution is 5.47. The zero-order valence-corrected chi connectivity index (χ0v) is 12.4. The normalized spacial score (nSPS) is 19.9. The van der Waals surface area contributed by atoms with Crippen molar-refractivity contribution in [2.75, 3.05) is 13.7 Å². The quantitative estimate of drug-likeness (QED) is 0.593. The van der Waals surface area contributed by atoms with Gasteiger partial charge in [-0.05, 0) is 49.3 Å². The van der Waals surface area contributed by atoms with Crippen LogP contribution in [-0.4, -0.2) is 19.8 Å². The Balaban J connectivity index is 1.86. The SMILES string of the molecule is COc1cc(C2(N=C=O)CCCC2)ccc1OCC1CC1. The second kappa shape index (κ2) is 5.90. The molecule has 0 amide bonds. The van der Waals surface area contributed by atoms with Crippen LogP contribution in [0.3, 0.4) is 0 Å². The van der Waals surface area contributed by atoms with Gasteiger partial charge in [0, 0.05) is 0 Å². The average Bonchev–Trinajstić information content (AvgIpc) is 3.23. The Morgan fingerprint density at radius 2 is 2.05 bits per heavy atom. The standard InChI is InChI=1S/C17H21NO3/c1-20-16-10-14(17(18-12-19)8-2-3-9-17)6-7-15(16)21-11-13-4-5-13/h6-7,10,13H,2-5,8-9,11H2,1H3. The first kappa shape index (κ1) is 14.2. The van der Waals surface area contributed by atoms with Crippen LogP contribution in [0.2, 0.25) is 0 Å². The monoisotopic (exact) mass is 287 g/mol. The lowest BCUT2D eigenvalue weighted by Gasteiger charge is -2.24. The molecule has 21 heavy (non-hydrogen) atoms. The first-order valence-corrected chi connectivity index (χ1v) is 7.68. The number of aliphatic imine (C=N–C) groups is 1. The van der Waals surface area contributed by atoms with Crippen LogP contribution in [0.5, 0.6) is 11.5 Å². The molecule has 112 valence electrons. The van der Waals surface area contributed by atoms with Crippen LogP contribution >= 0.6 is 0 Å². The highest BCUT2D eigenvalue weighted by atomic mass is 16.5. The van der Waals surface area contributed by atoms with E-state index in [9.17, 15) is 4.79 Å². The fraction of sp³-hybridized carbons (Fsp3) is 0.588. The van der Waals surface area contributed by atoms with Crippen LogP contribution in [0.1, 0.15) is 44.1 Å². The lowest BCUT2D eigenvalue weighted by Crippen LogP contribution is -2.19. The minimum Gasteiger partial charge on any atom is -0.493 e. The van der Waals surface area contributed by atoms with E-state index in [1.54, 1.807) is 13.2 Å². The summed E-state index contributed by atoms with van der Waals surface area (Å²) >= 11 is 0. The highest BCUT2D eigenvalue weighted by Crippen LogP contribution is 2.44. The molecule has 2 aliphatic rings. The van der Waals surface area contributed by atoms with Crippen LogP contribution in [0.15, 0.2) is 23.2 Å². The van der Waals surface area contributed by atoms with Gasteiger partial charge in [0.1, 0.15) is 0 Å². The summed E-state index contributed by atoms with van der Waals surface area (Å²) in [6, 6.07) is 5.92. The van der Waals surface area contributed by atoms with Gasteiger partial charge in [-0.15, -0.1) is 0 Å². The molecule has 0 atom stereocenters. The maximum Gasteiger partial charge on any atom is 0.235 e. The number of isocyanates is 1. The molecule has 0 N–H and O–H groups in total. The van der Waals surface area contributed by atoms with Crippen molar-refractivity contribution >= 4 is 6.08 Å². The lowest BCUT2D eigenvalue weighted by atomic mass is 9.89. The number of hydrogen-bond acceptors (Lipinski definition) is 4. The van der Waals surface area contributed by atoms with Crippen LogP contribution in [0.25, 0.3) is 0 Å². The van der Waals surface area contributed by atoms with E-state index in [2.05, 4.69) is 4.99 Å². The van der Waals surface area contributed by atoms with E-state index in [-0.39, 0.29) is 0 Å². The minimum absolute atomic E-state index is 0.413. The molecule has 3 rings (SSSR count). The second-order valence-corrected chi connectivity index (χ2v) is 6.06. The van der Waals surface area contributed by atoms with E-state index >= 15 is 0 Å². The highest BCUT2D eigenvalue weighted by Gasteiger charge is 2.36. The minimum atomic E-state index is -0.413. The molecule has 2 fully saturated rings. The number of ether oxygens (including phenoxy) is 2. The van der Waals surface area contributed by atoms with Gasteiger partial charge >= 0.3 is 0 Å². The van der Waals surface area contributed by atoms with Crippen molar-refractivity contribution < 1.29 is 14.3 Å². The summed E-state index contributed by atoms with van der Waals surface area (Å²) in [5.74, 6) is 2.20. The predicted octanol–water partition coefficient (Wildman–Crippen LogP) is 3.59. The summed E-state index contributed by atoms with van der Waals surface area (Å²) in [5, 5.41) is 0. The van der Waals surface area contributed by atoms with Gasteiger partial charge < -0.3 is 9.47 Å². The lowest BCUT2D eigenvalue weighted by molar-refractivity contribution is 0.279. The summed E-state index contributed by atoms with van der Waals surface area (Å²) in [6.45, 7) is 0.757. The van der Waals surface area contributed by atoms with E-state index in [4.69, 9.17) is 9.47 Å². The molecule has 1 aromatic carbocycles. The smallest absolute Gasteiger partial charge is 0.235 e. The molecule has 0 radical (unpaired) electrons. The molecule has 0 bridgehead atoms. The van der Waals surface area contributed by atoms with Crippen molar-refractivity contribution in [1.29, 1.82) is 0 Å². The van der Waals surface area contributed by atoms with Gasteiger partial charge in [0.25, 0.3) is 0 Å². The van der Waals surface area contributed by atoms with Crippen molar-refractivity contribution in [2.24, 2.45) is 10.9 Å². The van der Waals surface area contributed by atoms with E-state index in [1.807, 2.05) is 18.2 Å². The van der Waals surface area contributed by atoms with Crippen LogP contribution in [0.4, 0.5) is 0 Å². The Hall–Kier alpha value is -1.80. The van der Waals surface area contributed by atoms with Gasteiger partial charge in [0.15, 0.2) is 11.5 Å². The summed E-state index contributed by atoms with van der Waals surface area (Å²) in [5.41, 5.74) is 0.614. The van der Waals surface area contributed by atoms with Crippen LogP contribution in [-0.2, 0) is 10.3 Å². The number of methoxy groups -OCH3 is 1. The fourth-order valence-electron chi connectivity index (χ4n) is 3.08. The molecular formula is C17H21NO3. The Morgan fingerprint density at radius 3 is 2.67 bits per heavy atom. The third kappa shape index (κ3) is 2.96. The van der Waals surface area contributed by atoms with Crippen molar-refractivity contribution in [3.63, 3.8) is 0 Å². The Bertz CT molecular complexity index is 553. The number of rotatable bonds is 6. The van der Waals surface area contributed by atoms with Crippen molar-refractivity contribution in [1.82, 2.24) is 0 Å². The Morgan fingerprint density at radius 1 is 1.29 bits per heavy atom. The van der Waals surface area contributed by atoms with E-state index < -0.39 is 5.54 Å². The Kier molecular flexibility index (Phi) is 3.98. The maximum absolute atomic E-state index is 10.8. The molecule has 4 nitrogen and oxygen atoms in total. The van der Waals surface area contributed by atoms with Gasteiger partial charge in [-0.2, -0.15) is 4.99 Å². The molecule has 0 spiro atoms. The molecule has 0 heterocycles. The van der Waals surface area contributed by atoms with Crippen molar-refractivity contribution in [3.8, 4) is 11.5 Å². The molecular weight excluding hydrogens is 266 g/mol. The van der Waals surface area contributed by atoms with E-state index in [0.717, 1.165) is 49.4 Å². The first-order valence-electron chi connectivity index (χ1n) is 7.68. The molecule has 2 aliphatic carbocycles. The zero-order chi connectivity index (χ0) is 14.7. The van der Waals surface area contributed by atoms with Crippen LogP contribution in [0, 0.1) is 5.92 Å². The fourth-order valence-corrected chi connectivity index (χ4v) is 3.08. The molecule has 0 aliphatic heterocycles. The van der Waals surface area contributed by atoms with E-state index in [1.165, 1.54) is 12.8 Å². The van der Waals surface area contributed by atoms with Gasteiger partial charge in [-0.25, -0.2) is 4.79 Å². The summed E-state index contributed by atoms with van der Waals surface area (Å²) in [4.78, 5) is 14.9. The summed E-state index contributed by atoms with van der Waals surface area (Å²) < 4.78 is 11.3. The third-order valence-electron chi connectivity index (χ3n) is 4.56. The van der Waals surface area contributed by atoms with Crippen LogP contribution < -0.4 is 9.47 Å². The number of benzene rings is 1. The number of carbonyl (C=O) groups excluding carboxylic acids is 1. The topological polar surface area (TPSA) is 47.9 Å².